The van der Waals surface area contributed by atoms with E-state index < -0.39 is 0 Å². The summed E-state index contributed by atoms with van der Waals surface area (Å²) in [6, 6.07) is 0. The maximum Gasteiger partial charge on any atom is 0.244 e. The van der Waals surface area contributed by atoms with Gasteiger partial charge in [0.15, 0.2) is 0 Å². The lowest BCUT2D eigenvalue weighted by Crippen LogP contribution is -2.38. The average Bonchev–Trinajstić information content (AvgIpc) is 3.11. The van der Waals surface area contributed by atoms with Gasteiger partial charge in [0.1, 0.15) is 6.54 Å². The van der Waals surface area contributed by atoms with Gasteiger partial charge in [-0.25, -0.2) is 0 Å². The third-order valence-electron chi connectivity index (χ3n) is 5.48. The van der Waals surface area contributed by atoms with Crippen LogP contribution in [0.2, 0.25) is 0 Å². The summed E-state index contributed by atoms with van der Waals surface area (Å²) < 4.78 is 12.9. The molecule has 2 atom stereocenters. The SMILES string of the molecule is CCc1c(C)nn(CC(=O)N2C[C@H]3COC[C@@]3(COC)C2)c1C. The van der Waals surface area contributed by atoms with Crippen LogP contribution in [0.3, 0.4) is 0 Å². The first-order valence-electron chi connectivity index (χ1n) is 8.38. The van der Waals surface area contributed by atoms with E-state index in [0.29, 0.717) is 25.7 Å². The quantitative estimate of drug-likeness (QED) is 0.817. The third kappa shape index (κ3) is 2.78. The molecule has 0 spiro atoms. The van der Waals surface area contributed by atoms with E-state index in [-0.39, 0.29) is 11.3 Å². The van der Waals surface area contributed by atoms with E-state index in [9.17, 15) is 4.79 Å². The van der Waals surface area contributed by atoms with Crippen LogP contribution < -0.4 is 0 Å². The maximum atomic E-state index is 12.7. The third-order valence-corrected chi connectivity index (χ3v) is 5.48. The van der Waals surface area contributed by atoms with Crippen LogP contribution in [-0.4, -0.2) is 60.6 Å². The number of aromatic nitrogens is 2. The van der Waals surface area contributed by atoms with Gasteiger partial charge in [-0.2, -0.15) is 5.10 Å². The molecular formula is C17H27N3O3. The van der Waals surface area contributed by atoms with Crippen LogP contribution in [0.25, 0.3) is 0 Å². The molecule has 0 aliphatic carbocycles. The molecule has 0 N–H and O–H groups in total. The minimum atomic E-state index is -0.0198. The van der Waals surface area contributed by atoms with E-state index in [0.717, 1.165) is 37.5 Å². The molecule has 1 aromatic heterocycles. The molecule has 2 aliphatic heterocycles. The fourth-order valence-electron chi connectivity index (χ4n) is 4.14. The number of aryl methyl sites for hydroxylation is 1. The van der Waals surface area contributed by atoms with Crippen LogP contribution in [0.4, 0.5) is 0 Å². The van der Waals surface area contributed by atoms with Crippen molar-refractivity contribution in [3.05, 3.63) is 17.0 Å². The van der Waals surface area contributed by atoms with E-state index >= 15 is 0 Å². The fourth-order valence-corrected chi connectivity index (χ4v) is 4.14. The van der Waals surface area contributed by atoms with Crippen LogP contribution in [-0.2, 0) is 27.2 Å². The summed E-state index contributed by atoms with van der Waals surface area (Å²) in [5.41, 5.74) is 3.36. The first-order valence-corrected chi connectivity index (χ1v) is 8.38. The molecule has 3 rings (SSSR count). The smallest absolute Gasteiger partial charge is 0.244 e. The Balaban J connectivity index is 1.70. The molecule has 0 aromatic carbocycles. The zero-order valence-electron chi connectivity index (χ0n) is 14.6. The van der Waals surface area contributed by atoms with Crippen molar-refractivity contribution in [2.45, 2.75) is 33.7 Å². The van der Waals surface area contributed by atoms with Gasteiger partial charge in [-0.1, -0.05) is 6.92 Å². The number of methoxy groups -OCH3 is 1. The van der Waals surface area contributed by atoms with Crippen molar-refractivity contribution in [1.82, 2.24) is 14.7 Å². The summed E-state index contributed by atoms with van der Waals surface area (Å²) >= 11 is 0. The highest BCUT2D eigenvalue weighted by molar-refractivity contribution is 5.76. The lowest BCUT2D eigenvalue weighted by molar-refractivity contribution is -0.132. The van der Waals surface area contributed by atoms with E-state index in [1.807, 2.05) is 23.4 Å². The number of hydrogen-bond donors (Lipinski definition) is 0. The maximum absolute atomic E-state index is 12.7. The second kappa shape index (κ2) is 6.24. The molecule has 3 heterocycles. The molecule has 0 radical (unpaired) electrons. The minimum Gasteiger partial charge on any atom is -0.384 e. The summed E-state index contributed by atoms with van der Waals surface area (Å²) in [4.78, 5) is 14.7. The van der Waals surface area contributed by atoms with Crippen molar-refractivity contribution in [3.8, 4) is 0 Å². The Bertz CT molecular complexity index is 598. The first-order chi connectivity index (χ1) is 11.0. The highest BCUT2D eigenvalue weighted by Crippen LogP contribution is 2.41. The van der Waals surface area contributed by atoms with Crippen molar-refractivity contribution >= 4 is 5.91 Å². The van der Waals surface area contributed by atoms with Gasteiger partial charge in [0.2, 0.25) is 5.91 Å². The predicted molar refractivity (Wildman–Crippen MR) is 86.3 cm³/mol. The van der Waals surface area contributed by atoms with E-state index in [2.05, 4.69) is 12.0 Å². The Morgan fingerprint density at radius 1 is 1.48 bits per heavy atom. The van der Waals surface area contributed by atoms with Crippen LogP contribution in [0.1, 0.15) is 23.9 Å². The molecule has 1 aromatic rings. The highest BCUT2D eigenvalue weighted by atomic mass is 16.5. The summed E-state index contributed by atoms with van der Waals surface area (Å²) in [6.45, 7) is 10.1. The number of ether oxygens (including phenoxy) is 2. The molecule has 128 valence electrons. The Labute approximate surface area is 137 Å². The van der Waals surface area contributed by atoms with E-state index in [1.165, 1.54) is 5.56 Å². The van der Waals surface area contributed by atoms with Crippen LogP contribution in [0.5, 0.6) is 0 Å². The molecular weight excluding hydrogens is 294 g/mol. The van der Waals surface area contributed by atoms with Gasteiger partial charge in [0.05, 0.1) is 25.5 Å². The van der Waals surface area contributed by atoms with Crippen molar-refractivity contribution in [1.29, 1.82) is 0 Å². The van der Waals surface area contributed by atoms with Gasteiger partial charge < -0.3 is 14.4 Å². The molecule has 0 unspecified atom stereocenters. The number of hydrogen-bond acceptors (Lipinski definition) is 4. The van der Waals surface area contributed by atoms with Crippen molar-refractivity contribution in [3.63, 3.8) is 0 Å². The predicted octanol–water partition coefficient (Wildman–Crippen LogP) is 1.18. The number of amides is 1. The minimum absolute atomic E-state index is 0.0198. The second-order valence-electron chi connectivity index (χ2n) is 6.94. The monoisotopic (exact) mass is 321 g/mol. The van der Waals surface area contributed by atoms with Gasteiger partial charge >= 0.3 is 0 Å². The van der Waals surface area contributed by atoms with Crippen molar-refractivity contribution in [2.24, 2.45) is 11.3 Å². The van der Waals surface area contributed by atoms with Crippen LogP contribution in [0.15, 0.2) is 0 Å². The van der Waals surface area contributed by atoms with Crippen LogP contribution >= 0.6 is 0 Å². The highest BCUT2D eigenvalue weighted by Gasteiger charge is 2.51. The number of rotatable bonds is 5. The number of fused-ring (bicyclic) bond motifs is 1. The van der Waals surface area contributed by atoms with Gasteiger partial charge in [-0.3, -0.25) is 9.48 Å². The van der Waals surface area contributed by atoms with E-state index in [4.69, 9.17) is 9.47 Å². The first kappa shape index (κ1) is 16.5. The van der Waals surface area contributed by atoms with Crippen molar-refractivity contribution < 1.29 is 14.3 Å². The number of carbonyl (C=O) groups excluding carboxylic acids is 1. The summed E-state index contributed by atoms with van der Waals surface area (Å²) in [7, 11) is 1.72. The second-order valence-corrected chi connectivity index (χ2v) is 6.94. The standard InChI is InChI=1S/C17H27N3O3/c1-5-15-12(2)18-20(13(15)3)7-16(21)19-6-14-8-23-11-17(14,9-19)10-22-4/h14H,5-11H2,1-4H3/t14-,17-/m0/s1. The van der Waals surface area contributed by atoms with Gasteiger partial charge in [0, 0.05) is 37.2 Å². The molecule has 0 bridgehead atoms. The van der Waals surface area contributed by atoms with Crippen molar-refractivity contribution in [2.75, 3.05) is 40.0 Å². The largest absolute Gasteiger partial charge is 0.384 e. The molecule has 0 saturated carbocycles. The molecule has 6 nitrogen and oxygen atoms in total. The van der Waals surface area contributed by atoms with Gasteiger partial charge in [-0.15, -0.1) is 0 Å². The summed E-state index contributed by atoms with van der Waals surface area (Å²) in [5, 5.41) is 4.54. The van der Waals surface area contributed by atoms with E-state index in [1.54, 1.807) is 7.11 Å². The zero-order valence-corrected chi connectivity index (χ0v) is 14.6. The summed E-state index contributed by atoms with van der Waals surface area (Å²) in [5.74, 6) is 0.529. The number of likely N-dealkylation sites (tertiary alicyclic amines) is 1. The Morgan fingerprint density at radius 2 is 2.26 bits per heavy atom. The Hall–Kier alpha value is -1.40. The molecule has 2 aliphatic rings. The molecule has 2 fully saturated rings. The fraction of sp³-hybridized carbons (Fsp3) is 0.765. The Kier molecular flexibility index (Phi) is 4.47. The number of carbonyl (C=O) groups is 1. The van der Waals surface area contributed by atoms with Gasteiger partial charge in [0.25, 0.3) is 0 Å². The average molecular weight is 321 g/mol. The normalized spacial score (nSPS) is 26.8. The molecule has 2 saturated heterocycles. The molecule has 1 amide bonds. The van der Waals surface area contributed by atoms with Crippen LogP contribution in [0, 0.1) is 25.2 Å². The summed E-state index contributed by atoms with van der Waals surface area (Å²) in [6.07, 6.45) is 0.950. The Morgan fingerprint density at radius 3 is 2.91 bits per heavy atom. The molecule has 6 heteroatoms. The van der Waals surface area contributed by atoms with Gasteiger partial charge in [-0.05, 0) is 25.8 Å². The zero-order chi connectivity index (χ0) is 16.6. The number of nitrogens with zero attached hydrogens (tertiary/aromatic N) is 3. The topological polar surface area (TPSA) is 56.6 Å². The lowest BCUT2D eigenvalue weighted by Gasteiger charge is -2.26. The molecule has 23 heavy (non-hydrogen) atoms. The lowest BCUT2D eigenvalue weighted by atomic mass is 9.82.